The molecule has 9 heteroatoms. The minimum atomic E-state index is -0.547. The van der Waals surface area contributed by atoms with Crippen molar-refractivity contribution in [3.8, 4) is 0 Å². The molecule has 0 atom stereocenters. The maximum absolute atomic E-state index is 13.5. The first kappa shape index (κ1) is 26.6. The Kier molecular flexibility index (Phi) is 9.76. The van der Waals surface area contributed by atoms with Crippen molar-refractivity contribution in [1.82, 2.24) is 9.80 Å². The fraction of sp³-hybridized carbons (Fsp3) is 0.333. The molecule has 3 rings (SSSR count). The molecule has 0 aliphatic carbocycles. The van der Waals surface area contributed by atoms with Crippen molar-refractivity contribution in [1.29, 1.82) is 0 Å². The molecule has 0 unspecified atom stereocenters. The molecule has 0 saturated heterocycles. The second-order valence-corrected chi connectivity index (χ2v) is 8.33. The monoisotopic (exact) mass is 493 g/mol. The van der Waals surface area contributed by atoms with E-state index in [9.17, 15) is 19.7 Å². The van der Waals surface area contributed by atoms with Crippen molar-refractivity contribution >= 4 is 17.5 Å². The summed E-state index contributed by atoms with van der Waals surface area (Å²) in [4.78, 5) is 40.6. The Bertz CT molecular complexity index is 1160. The third-order valence-corrected chi connectivity index (χ3v) is 5.55. The van der Waals surface area contributed by atoms with Crippen molar-refractivity contribution in [2.75, 3.05) is 26.3 Å². The summed E-state index contributed by atoms with van der Waals surface area (Å²) in [5, 5.41) is 11.2. The van der Waals surface area contributed by atoms with Gasteiger partial charge in [0.05, 0.1) is 11.5 Å². The van der Waals surface area contributed by atoms with E-state index in [0.717, 1.165) is 11.3 Å². The lowest BCUT2D eigenvalue weighted by Gasteiger charge is -2.27. The number of furan rings is 1. The third-order valence-electron chi connectivity index (χ3n) is 5.55. The summed E-state index contributed by atoms with van der Waals surface area (Å²) in [5.74, 6) is 0.681. The van der Waals surface area contributed by atoms with Gasteiger partial charge >= 0.3 is 0 Å². The molecule has 0 saturated carbocycles. The van der Waals surface area contributed by atoms with Crippen molar-refractivity contribution in [3.63, 3.8) is 0 Å². The molecule has 0 aliphatic rings. The van der Waals surface area contributed by atoms with Gasteiger partial charge in [0.15, 0.2) is 0 Å². The summed E-state index contributed by atoms with van der Waals surface area (Å²) >= 11 is 0. The fourth-order valence-corrected chi connectivity index (χ4v) is 3.75. The molecule has 0 aliphatic heterocycles. The number of hydrogen-bond donors (Lipinski definition) is 0. The van der Waals surface area contributed by atoms with Gasteiger partial charge in [-0.1, -0.05) is 36.4 Å². The van der Waals surface area contributed by atoms with Crippen LogP contribution in [0.4, 0.5) is 5.69 Å². The summed E-state index contributed by atoms with van der Waals surface area (Å²) in [7, 11) is 0. The largest absolute Gasteiger partial charge is 0.464 e. The first-order valence-corrected chi connectivity index (χ1v) is 11.9. The van der Waals surface area contributed by atoms with E-state index in [0.29, 0.717) is 31.9 Å². The van der Waals surface area contributed by atoms with E-state index in [1.807, 2.05) is 56.3 Å². The average molecular weight is 494 g/mol. The number of nitrogens with zero attached hydrogens (tertiary/aromatic N) is 3. The number of rotatable bonds is 13. The zero-order chi connectivity index (χ0) is 25.9. The summed E-state index contributed by atoms with van der Waals surface area (Å²) < 4.78 is 11.1. The van der Waals surface area contributed by atoms with Gasteiger partial charge in [0.1, 0.15) is 18.1 Å². The van der Waals surface area contributed by atoms with Gasteiger partial charge in [0.2, 0.25) is 5.91 Å². The summed E-state index contributed by atoms with van der Waals surface area (Å²) in [5.41, 5.74) is 0.923. The number of benzene rings is 2. The van der Waals surface area contributed by atoms with Crippen LogP contribution in [0.15, 0.2) is 71.1 Å². The van der Waals surface area contributed by atoms with Crippen LogP contribution in [0, 0.1) is 17.0 Å². The molecule has 2 aromatic carbocycles. The molecule has 1 heterocycles. The standard InChI is InChI=1S/C27H31N3O6/c1-3-35-16-8-15-28(27(32)23-11-7-12-24(17-23)30(33)34)20-26(31)29(18-22-9-5-4-6-10-22)19-25-14-13-21(2)36-25/h4-7,9-14,17H,3,8,15-16,18-20H2,1-2H3. The van der Waals surface area contributed by atoms with E-state index < -0.39 is 10.8 Å². The van der Waals surface area contributed by atoms with Crippen LogP contribution in [-0.2, 0) is 22.6 Å². The smallest absolute Gasteiger partial charge is 0.270 e. The molecule has 0 fully saturated rings. The lowest BCUT2D eigenvalue weighted by molar-refractivity contribution is -0.384. The Morgan fingerprint density at radius 3 is 2.44 bits per heavy atom. The lowest BCUT2D eigenvalue weighted by atomic mass is 10.1. The fourth-order valence-electron chi connectivity index (χ4n) is 3.75. The normalized spacial score (nSPS) is 10.7. The van der Waals surface area contributed by atoms with Gasteiger partial charge in [0, 0.05) is 44.0 Å². The van der Waals surface area contributed by atoms with Gasteiger partial charge in [0.25, 0.3) is 11.6 Å². The molecule has 1 aromatic heterocycles. The van der Waals surface area contributed by atoms with Crippen molar-refractivity contribution in [3.05, 3.63) is 99.5 Å². The number of carbonyl (C=O) groups is 2. The maximum atomic E-state index is 13.5. The van der Waals surface area contributed by atoms with E-state index in [1.54, 1.807) is 4.90 Å². The molecule has 0 radical (unpaired) electrons. The molecule has 190 valence electrons. The zero-order valence-electron chi connectivity index (χ0n) is 20.6. The van der Waals surface area contributed by atoms with Crippen molar-refractivity contribution < 1.29 is 23.7 Å². The van der Waals surface area contributed by atoms with Gasteiger partial charge < -0.3 is 19.0 Å². The van der Waals surface area contributed by atoms with E-state index >= 15 is 0 Å². The van der Waals surface area contributed by atoms with Gasteiger partial charge in [-0.15, -0.1) is 0 Å². The van der Waals surface area contributed by atoms with Gasteiger partial charge in [-0.2, -0.15) is 0 Å². The second-order valence-electron chi connectivity index (χ2n) is 8.33. The van der Waals surface area contributed by atoms with Gasteiger partial charge in [-0.3, -0.25) is 19.7 Å². The number of hydrogen-bond acceptors (Lipinski definition) is 6. The first-order chi connectivity index (χ1) is 17.4. The second kappa shape index (κ2) is 13.2. The average Bonchev–Trinajstić information content (AvgIpc) is 3.30. The Morgan fingerprint density at radius 1 is 1.00 bits per heavy atom. The third kappa shape index (κ3) is 7.78. The van der Waals surface area contributed by atoms with Gasteiger partial charge in [-0.25, -0.2) is 0 Å². The number of amides is 2. The lowest BCUT2D eigenvalue weighted by Crippen LogP contribution is -2.43. The molecular formula is C27H31N3O6. The predicted octanol–water partition coefficient (Wildman–Crippen LogP) is 4.59. The molecule has 0 spiro atoms. The minimum Gasteiger partial charge on any atom is -0.464 e. The Morgan fingerprint density at radius 2 is 1.78 bits per heavy atom. The highest BCUT2D eigenvalue weighted by Gasteiger charge is 2.24. The summed E-state index contributed by atoms with van der Waals surface area (Å²) in [6, 6.07) is 18.8. The van der Waals surface area contributed by atoms with Crippen LogP contribution in [-0.4, -0.2) is 52.8 Å². The molecule has 36 heavy (non-hydrogen) atoms. The Hall–Kier alpha value is -3.98. The van der Waals surface area contributed by atoms with E-state index in [-0.39, 0.29) is 36.8 Å². The highest BCUT2D eigenvalue weighted by atomic mass is 16.6. The summed E-state index contributed by atoms with van der Waals surface area (Å²) in [6.07, 6.45) is 0.526. The number of ether oxygens (including phenoxy) is 1. The van der Waals surface area contributed by atoms with Crippen LogP contribution in [0.1, 0.15) is 40.8 Å². The molecule has 9 nitrogen and oxygen atoms in total. The number of nitro benzene ring substituents is 1. The van der Waals surface area contributed by atoms with E-state index in [1.165, 1.54) is 29.2 Å². The van der Waals surface area contributed by atoms with E-state index in [4.69, 9.17) is 9.15 Å². The molecular weight excluding hydrogens is 462 g/mol. The molecule has 0 N–H and O–H groups in total. The summed E-state index contributed by atoms with van der Waals surface area (Å²) in [6.45, 7) is 5.38. The van der Waals surface area contributed by atoms with Crippen molar-refractivity contribution in [2.45, 2.75) is 33.4 Å². The van der Waals surface area contributed by atoms with Crippen LogP contribution in [0.2, 0.25) is 0 Å². The number of carbonyl (C=O) groups excluding carboxylic acids is 2. The Balaban J connectivity index is 1.82. The highest BCUT2D eigenvalue weighted by molar-refractivity contribution is 5.97. The zero-order valence-corrected chi connectivity index (χ0v) is 20.6. The van der Waals surface area contributed by atoms with E-state index in [2.05, 4.69) is 0 Å². The highest BCUT2D eigenvalue weighted by Crippen LogP contribution is 2.17. The van der Waals surface area contributed by atoms with Crippen LogP contribution in [0.25, 0.3) is 0 Å². The molecule has 0 bridgehead atoms. The molecule has 2 amide bonds. The topological polar surface area (TPSA) is 106 Å². The van der Waals surface area contributed by atoms with Crippen molar-refractivity contribution in [2.24, 2.45) is 0 Å². The first-order valence-electron chi connectivity index (χ1n) is 11.9. The van der Waals surface area contributed by atoms with Gasteiger partial charge in [-0.05, 0) is 44.0 Å². The predicted molar refractivity (Wildman–Crippen MR) is 134 cm³/mol. The SMILES string of the molecule is CCOCCCN(CC(=O)N(Cc1ccccc1)Cc1ccc(C)o1)C(=O)c1cccc([N+](=O)[O-])c1. The minimum absolute atomic E-state index is 0.157. The van der Waals surface area contributed by atoms with Crippen LogP contribution in [0.3, 0.4) is 0 Å². The Labute approximate surface area is 210 Å². The number of aryl methyl sites for hydroxylation is 1. The molecule has 3 aromatic rings. The van der Waals surface area contributed by atoms with Crippen LogP contribution in [0.5, 0.6) is 0 Å². The van der Waals surface area contributed by atoms with Crippen LogP contribution >= 0.6 is 0 Å². The van der Waals surface area contributed by atoms with Crippen LogP contribution < -0.4 is 0 Å². The number of nitro groups is 1. The maximum Gasteiger partial charge on any atom is 0.270 e. The quantitative estimate of drug-likeness (QED) is 0.196. The number of non-ortho nitro benzene ring substituents is 1.